The Bertz CT molecular complexity index is 1650. The molecule has 1 aliphatic heterocycles. The van der Waals surface area contributed by atoms with E-state index in [1.54, 1.807) is 25.4 Å². The number of halogens is 2. The molecule has 0 saturated carbocycles. The van der Waals surface area contributed by atoms with E-state index in [4.69, 9.17) is 43.5 Å². The fraction of sp³-hybridized carbons (Fsp3) is 0.323. The van der Waals surface area contributed by atoms with Gasteiger partial charge in [-0.05, 0) is 68.7 Å². The van der Waals surface area contributed by atoms with Gasteiger partial charge in [-0.1, -0.05) is 23.2 Å². The van der Waals surface area contributed by atoms with Crippen molar-refractivity contribution in [2.24, 2.45) is 5.73 Å². The van der Waals surface area contributed by atoms with Gasteiger partial charge in [-0.25, -0.2) is 4.68 Å². The van der Waals surface area contributed by atoms with Crippen LogP contribution in [0.3, 0.4) is 0 Å². The highest BCUT2D eigenvalue weighted by Crippen LogP contribution is 2.43. The number of nitrogens with two attached hydrogens (primary N) is 1. The highest BCUT2D eigenvalue weighted by atomic mass is 35.5. The van der Waals surface area contributed by atoms with Crippen LogP contribution in [0.25, 0.3) is 28.1 Å². The predicted octanol–water partition coefficient (Wildman–Crippen LogP) is 5.73. The van der Waals surface area contributed by atoms with E-state index in [1.807, 2.05) is 16.8 Å². The number of benzene rings is 2. The normalized spacial score (nSPS) is 16.2. The third-order valence-electron chi connectivity index (χ3n) is 7.97. The van der Waals surface area contributed by atoms with Crippen molar-refractivity contribution in [2.45, 2.75) is 38.8 Å². The number of pyridine rings is 1. The number of amides is 1. The maximum Gasteiger partial charge on any atom is 0.250 e. The van der Waals surface area contributed by atoms with Gasteiger partial charge in [0, 0.05) is 63.3 Å². The minimum Gasteiger partial charge on any atom is -0.496 e. The maximum atomic E-state index is 11.9. The average Bonchev–Trinajstić information content (AvgIpc) is 3.31. The van der Waals surface area contributed by atoms with Crippen molar-refractivity contribution < 1.29 is 14.3 Å². The molecule has 0 spiro atoms. The molecule has 4 aromatic rings. The first-order chi connectivity index (χ1) is 19.6. The number of carbonyl (C=O) groups is 1. The van der Waals surface area contributed by atoms with Crippen molar-refractivity contribution in [3.63, 3.8) is 0 Å². The number of nitrogens with zero attached hydrogens (tertiary/aromatic N) is 4. The zero-order chi connectivity index (χ0) is 28.9. The Balaban J connectivity index is 1.56. The summed E-state index contributed by atoms with van der Waals surface area (Å²) in [4.78, 5) is 18.6. The summed E-state index contributed by atoms with van der Waals surface area (Å²) in [6.45, 7) is 7.30. The van der Waals surface area contributed by atoms with Crippen molar-refractivity contribution in [1.29, 1.82) is 0 Å². The minimum atomic E-state index is -0.537. The van der Waals surface area contributed by atoms with Gasteiger partial charge >= 0.3 is 0 Å². The Morgan fingerprint density at radius 2 is 1.85 bits per heavy atom. The van der Waals surface area contributed by atoms with Crippen molar-refractivity contribution in [3.8, 4) is 33.8 Å². The zero-order valence-corrected chi connectivity index (χ0v) is 24.7. The van der Waals surface area contributed by atoms with Crippen LogP contribution in [0.5, 0.6) is 5.75 Å². The first kappa shape index (κ1) is 27.7. The molecule has 2 aromatic carbocycles. The number of hydrogen-bond acceptors (Lipinski definition) is 6. The van der Waals surface area contributed by atoms with Gasteiger partial charge in [-0.3, -0.25) is 14.7 Å². The van der Waals surface area contributed by atoms with E-state index in [1.165, 1.54) is 11.8 Å². The topological polar surface area (TPSA) is 95.5 Å². The number of morpholine rings is 1. The fourth-order valence-electron chi connectivity index (χ4n) is 5.80. The third-order valence-corrected chi connectivity index (χ3v) is 8.41. The summed E-state index contributed by atoms with van der Waals surface area (Å²) < 4.78 is 13.5. The van der Waals surface area contributed by atoms with E-state index in [0.29, 0.717) is 41.1 Å². The molecule has 2 aliphatic rings. The molecule has 212 valence electrons. The van der Waals surface area contributed by atoms with Gasteiger partial charge in [0.2, 0.25) is 5.91 Å². The number of aryl methyl sites for hydroxylation is 1. The Morgan fingerprint density at radius 1 is 1.07 bits per heavy atom. The van der Waals surface area contributed by atoms with Crippen LogP contribution in [-0.4, -0.2) is 58.0 Å². The Morgan fingerprint density at radius 3 is 2.56 bits per heavy atom. The monoisotopic (exact) mass is 591 g/mol. The zero-order valence-electron chi connectivity index (χ0n) is 23.2. The Labute approximate surface area is 249 Å². The summed E-state index contributed by atoms with van der Waals surface area (Å²) in [5, 5.41) is 6.27. The molecule has 1 amide bonds. The molecule has 41 heavy (non-hydrogen) atoms. The average molecular weight is 593 g/mol. The van der Waals surface area contributed by atoms with E-state index in [0.717, 1.165) is 58.7 Å². The van der Waals surface area contributed by atoms with Gasteiger partial charge < -0.3 is 15.2 Å². The van der Waals surface area contributed by atoms with Crippen LogP contribution < -0.4 is 10.5 Å². The van der Waals surface area contributed by atoms with Crippen molar-refractivity contribution in [1.82, 2.24) is 19.7 Å². The number of hydrogen-bond donors (Lipinski definition) is 1. The second kappa shape index (κ2) is 10.8. The number of methoxy groups -OCH3 is 1. The highest BCUT2D eigenvalue weighted by Gasteiger charge is 2.34. The molecule has 2 aromatic heterocycles. The lowest BCUT2D eigenvalue weighted by Crippen LogP contribution is -2.52. The number of carbonyl (C=O) groups excluding carboxylic acids is 1. The van der Waals surface area contributed by atoms with Crippen LogP contribution in [0.1, 0.15) is 41.0 Å². The molecule has 10 heteroatoms. The molecular formula is C31H31Cl2N5O3. The van der Waals surface area contributed by atoms with Crippen LogP contribution in [0.15, 0.2) is 48.8 Å². The van der Waals surface area contributed by atoms with Crippen LogP contribution in [-0.2, 0) is 24.1 Å². The molecule has 0 radical (unpaired) electrons. The quantitative estimate of drug-likeness (QED) is 0.308. The number of aromatic nitrogens is 3. The second-order valence-electron chi connectivity index (χ2n) is 11.1. The summed E-state index contributed by atoms with van der Waals surface area (Å²) in [6, 6.07) is 11.4. The molecule has 1 fully saturated rings. The number of rotatable bonds is 6. The lowest BCUT2D eigenvalue weighted by Gasteiger charge is -2.41. The minimum absolute atomic E-state index is 0.111. The highest BCUT2D eigenvalue weighted by molar-refractivity contribution is 6.34. The van der Waals surface area contributed by atoms with Crippen molar-refractivity contribution >= 4 is 29.1 Å². The molecule has 1 saturated heterocycles. The van der Waals surface area contributed by atoms with E-state index < -0.39 is 5.91 Å². The first-order valence-electron chi connectivity index (χ1n) is 13.5. The van der Waals surface area contributed by atoms with Crippen LogP contribution in [0.4, 0.5) is 0 Å². The Kier molecular flexibility index (Phi) is 7.28. The largest absolute Gasteiger partial charge is 0.496 e. The first-order valence-corrected chi connectivity index (χ1v) is 14.3. The Hall–Kier alpha value is -3.43. The molecule has 3 heterocycles. The molecular weight excluding hydrogens is 561 g/mol. The maximum absolute atomic E-state index is 11.9. The van der Waals surface area contributed by atoms with Gasteiger partial charge in [-0.2, -0.15) is 5.10 Å². The van der Waals surface area contributed by atoms with Crippen LogP contribution >= 0.6 is 23.2 Å². The predicted molar refractivity (Wildman–Crippen MR) is 160 cm³/mol. The molecule has 0 atom stereocenters. The van der Waals surface area contributed by atoms with E-state index in [2.05, 4.69) is 35.9 Å². The van der Waals surface area contributed by atoms with E-state index in [-0.39, 0.29) is 5.54 Å². The number of ether oxygens (including phenoxy) is 2. The van der Waals surface area contributed by atoms with Crippen molar-refractivity contribution in [3.05, 3.63) is 81.2 Å². The van der Waals surface area contributed by atoms with Crippen LogP contribution in [0, 0.1) is 0 Å². The molecule has 6 rings (SSSR count). The van der Waals surface area contributed by atoms with Gasteiger partial charge in [0.05, 0.1) is 43.0 Å². The summed E-state index contributed by atoms with van der Waals surface area (Å²) in [5.74, 6) is 0.160. The lowest BCUT2D eigenvalue weighted by molar-refractivity contribution is -0.0559. The number of primary amides is 1. The molecule has 1 aliphatic carbocycles. The van der Waals surface area contributed by atoms with E-state index >= 15 is 0 Å². The summed E-state index contributed by atoms with van der Waals surface area (Å²) >= 11 is 12.9. The van der Waals surface area contributed by atoms with Gasteiger partial charge in [0.25, 0.3) is 0 Å². The third kappa shape index (κ3) is 5.21. The molecule has 2 N–H and O–H groups in total. The lowest BCUT2D eigenvalue weighted by atomic mass is 9.86. The summed E-state index contributed by atoms with van der Waals surface area (Å²) in [5.41, 5.74) is 13.5. The summed E-state index contributed by atoms with van der Waals surface area (Å²) in [7, 11) is 1.64. The van der Waals surface area contributed by atoms with E-state index in [9.17, 15) is 4.79 Å². The smallest absolute Gasteiger partial charge is 0.250 e. The number of fused-ring (bicyclic) bond motifs is 3. The molecule has 0 bridgehead atoms. The molecule has 0 unspecified atom stereocenters. The fourth-order valence-corrected chi connectivity index (χ4v) is 6.31. The standard InChI is InChI=1S/C31H31Cl2N5O3/c1-31(2)17-41-7-6-37(31)16-27-24-5-4-18-9-28(40-3)25(19-8-20(30(34)39)15-35-14-19)13-26(18)29(24)38(36-27)23-11-21(32)10-22(33)12-23/h8-15H,4-7,16-17H2,1-3H3,(H2,34,39). The van der Waals surface area contributed by atoms with Crippen LogP contribution in [0.2, 0.25) is 10.0 Å². The SMILES string of the molecule is COc1cc2c(cc1-c1cncc(C(N)=O)c1)-c1c(c(CN3CCOCC3(C)C)nn1-c1cc(Cl)cc(Cl)c1)CC2. The second-order valence-corrected chi connectivity index (χ2v) is 12.0. The van der Waals surface area contributed by atoms with Gasteiger partial charge in [-0.15, -0.1) is 0 Å². The molecule has 8 nitrogen and oxygen atoms in total. The van der Waals surface area contributed by atoms with Crippen molar-refractivity contribution in [2.75, 3.05) is 26.9 Å². The van der Waals surface area contributed by atoms with Gasteiger partial charge in [0.15, 0.2) is 0 Å². The van der Waals surface area contributed by atoms with Gasteiger partial charge in [0.1, 0.15) is 5.75 Å². The summed E-state index contributed by atoms with van der Waals surface area (Å²) in [6.07, 6.45) is 4.84.